The molecule has 0 aromatic heterocycles. The number of hydrogen-bond donors (Lipinski definition) is 1. The Morgan fingerprint density at radius 3 is 2.53 bits per heavy atom. The molecule has 2 aliphatic heterocycles. The molecule has 1 fully saturated rings. The maximum Gasteiger partial charge on any atom is 0.317 e. The van der Waals surface area contributed by atoms with Gasteiger partial charge in [0, 0.05) is 12.1 Å². The van der Waals surface area contributed by atoms with Crippen molar-refractivity contribution in [3.05, 3.63) is 47.5 Å². The Kier molecular flexibility index (Phi) is 6.74. The summed E-state index contributed by atoms with van der Waals surface area (Å²) in [6, 6.07) is 11.0. The first kappa shape index (κ1) is 23.9. The van der Waals surface area contributed by atoms with E-state index in [9.17, 15) is 4.79 Å². The van der Waals surface area contributed by atoms with Crippen LogP contribution < -0.4 is 24.3 Å². The Hall–Kier alpha value is -3.20. The highest BCUT2D eigenvalue weighted by Gasteiger charge is 2.59. The Morgan fingerprint density at radius 1 is 1.12 bits per heavy atom. The summed E-state index contributed by atoms with van der Waals surface area (Å²) in [7, 11) is 4.81. The van der Waals surface area contributed by atoms with Crippen LogP contribution in [0.15, 0.2) is 36.4 Å². The fourth-order valence-electron chi connectivity index (χ4n) is 4.79. The number of hydrogen-bond acceptors (Lipinski definition) is 7. The lowest BCUT2D eigenvalue weighted by Gasteiger charge is -2.55. The monoisotopic (exact) mass is 486 g/mol. The predicted octanol–water partition coefficient (Wildman–Crippen LogP) is 3.47. The number of benzene rings is 2. The van der Waals surface area contributed by atoms with Crippen LogP contribution >= 0.6 is 12.2 Å². The molecule has 0 amide bonds. The zero-order valence-corrected chi connectivity index (χ0v) is 20.9. The fraction of sp³-hybridized carbons (Fsp3) is 0.440. The van der Waals surface area contributed by atoms with Crippen LogP contribution in [0.5, 0.6) is 23.0 Å². The lowest BCUT2D eigenvalue weighted by Crippen LogP contribution is -2.71. The van der Waals surface area contributed by atoms with E-state index >= 15 is 0 Å². The van der Waals surface area contributed by atoms with Crippen molar-refractivity contribution in [2.24, 2.45) is 5.92 Å². The molecule has 0 radical (unpaired) electrons. The third-order valence-electron chi connectivity index (χ3n) is 6.46. The van der Waals surface area contributed by atoms with Crippen molar-refractivity contribution in [3.8, 4) is 23.0 Å². The molecule has 2 aliphatic rings. The number of para-hydroxylation sites is 1. The third kappa shape index (κ3) is 3.98. The maximum absolute atomic E-state index is 13.2. The van der Waals surface area contributed by atoms with Gasteiger partial charge in [0.15, 0.2) is 33.8 Å². The largest absolute Gasteiger partial charge is 0.493 e. The summed E-state index contributed by atoms with van der Waals surface area (Å²) in [4.78, 5) is 15.1. The molecular formula is C25H30N2O6S. The van der Waals surface area contributed by atoms with Gasteiger partial charge >= 0.3 is 5.97 Å². The average Bonchev–Trinajstić information content (AvgIpc) is 2.83. The first-order valence-electron chi connectivity index (χ1n) is 11.2. The molecule has 4 rings (SSSR count). The van der Waals surface area contributed by atoms with Crippen LogP contribution in [0.3, 0.4) is 0 Å². The van der Waals surface area contributed by atoms with Gasteiger partial charge in [-0.3, -0.25) is 4.79 Å². The molecule has 0 saturated carbocycles. The van der Waals surface area contributed by atoms with Crippen molar-refractivity contribution in [1.82, 2.24) is 10.2 Å². The molecule has 1 N–H and O–H groups in total. The van der Waals surface area contributed by atoms with Crippen LogP contribution in [-0.4, -0.2) is 56.2 Å². The average molecular weight is 487 g/mol. The minimum Gasteiger partial charge on any atom is -0.493 e. The highest BCUT2D eigenvalue weighted by atomic mass is 32.1. The minimum absolute atomic E-state index is 0.277. The van der Waals surface area contributed by atoms with Gasteiger partial charge in [-0.15, -0.1) is 0 Å². The van der Waals surface area contributed by atoms with Crippen molar-refractivity contribution in [1.29, 1.82) is 0 Å². The van der Waals surface area contributed by atoms with Crippen LogP contribution in [0.1, 0.15) is 31.0 Å². The Morgan fingerprint density at radius 2 is 1.85 bits per heavy atom. The van der Waals surface area contributed by atoms with E-state index in [4.69, 9.17) is 35.9 Å². The van der Waals surface area contributed by atoms with Gasteiger partial charge in [0.05, 0.1) is 34.0 Å². The smallest absolute Gasteiger partial charge is 0.317 e. The number of rotatable bonds is 8. The summed E-state index contributed by atoms with van der Waals surface area (Å²) in [6.45, 7) is 4.46. The second kappa shape index (κ2) is 9.58. The van der Waals surface area contributed by atoms with Crippen LogP contribution in [0.25, 0.3) is 0 Å². The second-order valence-corrected chi connectivity index (χ2v) is 8.67. The second-order valence-electron chi connectivity index (χ2n) is 8.28. The van der Waals surface area contributed by atoms with Crippen LogP contribution in [0, 0.1) is 5.92 Å². The van der Waals surface area contributed by atoms with Crippen molar-refractivity contribution >= 4 is 23.3 Å². The van der Waals surface area contributed by atoms with Crippen LogP contribution in [-0.2, 0) is 16.0 Å². The quantitative estimate of drug-likeness (QED) is 0.446. The SMILES string of the molecule is CCOC(=O)C1C2NC(=S)N(CCc3ccc(OC)c(OC)c3)C1(C)Oc1c(OC)cccc12. The van der Waals surface area contributed by atoms with Crippen LogP contribution in [0.4, 0.5) is 0 Å². The number of esters is 1. The lowest BCUT2D eigenvalue weighted by molar-refractivity contribution is -0.175. The van der Waals surface area contributed by atoms with Gasteiger partial charge in [-0.2, -0.15) is 0 Å². The van der Waals surface area contributed by atoms with Crippen molar-refractivity contribution in [2.45, 2.75) is 32.0 Å². The molecule has 3 atom stereocenters. The van der Waals surface area contributed by atoms with E-state index < -0.39 is 17.7 Å². The van der Waals surface area contributed by atoms with Gasteiger partial charge in [-0.1, -0.05) is 18.2 Å². The summed E-state index contributed by atoms with van der Waals surface area (Å²) >= 11 is 5.76. The normalized spacial score (nSPS) is 22.7. The first-order chi connectivity index (χ1) is 16.4. The molecule has 9 heteroatoms. The molecule has 182 valence electrons. The van der Waals surface area contributed by atoms with E-state index in [-0.39, 0.29) is 12.6 Å². The number of ether oxygens (including phenoxy) is 5. The fourth-order valence-corrected chi connectivity index (χ4v) is 5.19. The highest BCUT2D eigenvalue weighted by molar-refractivity contribution is 7.80. The highest BCUT2D eigenvalue weighted by Crippen LogP contribution is 2.51. The van der Waals surface area contributed by atoms with Crippen molar-refractivity contribution < 1.29 is 28.5 Å². The number of carbonyl (C=O) groups is 1. The molecule has 8 nitrogen and oxygen atoms in total. The van der Waals surface area contributed by atoms with Gasteiger partial charge in [0.25, 0.3) is 0 Å². The molecule has 3 unspecified atom stereocenters. The maximum atomic E-state index is 13.2. The Bertz CT molecular complexity index is 1090. The van der Waals surface area contributed by atoms with E-state index in [1.807, 2.05) is 48.2 Å². The zero-order chi connectivity index (χ0) is 24.5. The van der Waals surface area contributed by atoms with Crippen LogP contribution in [0.2, 0.25) is 0 Å². The summed E-state index contributed by atoms with van der Waals surface area (Å²) < 4.78 is 28.4. The molecule has 34 heavy (non-hydrogen) atoms. The van der Waals surface area contributed by atoms with Crippen molar-refractivity contribution in [3.63, 3.8) is 0 Å². The molecule has 0 aliphatic carbocycles. The topological polar surface area (TPSA) is 78.5 Å². The van der Waals surface area contributed by atoms with E-state index in [0.717, 1.165) is 11.1 Å². The summed E-state index contributed by atoms with van der Waals surface area (Å²) in [6.07, 6.45) is 0.639. The number of nitrogens with one attached hydrogen (secondary N) is 1. The summed E-state index contributed by atoms with van der Waals surface area (Å²) in [5.41, 5.74) is 0.779. The molecule has 0 spiro atoms. The molecule has 1 saturated heterocycles. The first-order valence-corrected chi connectivity index (χ1v) is 11.6. The Balaban J connectivity index is 1.70. The standard InChI is InChI=1S/C25H30N2O6S/c1-6-32-23(28)20-21-16-8-7-9-18(30-4)22(16)33-25(20,2)27(24(34)26-21)13-12-15-10-11-17(29-3)19(14-15)31-5/h7-11,14,20-21H,6,12-13H2,1-5H3,(H,26,34). The van der Waals surface area contributed by atoms with Gasteiger partial charge in [-0.25, -0.2) is 0 Å². The van der Waals surface area contributed by atoms with E-state index in [2.05, 4.69) is 5.32 Å². The Labute approximate surface area is 205 Å². The molecule has 2 heterocycles. The molecule has 2 aromatic carbocycles. The summed E-state index contributed by atoms with van der Waals surface area (Å²) in [5, 5.41) is 3.89. The van der Waals surface area contributed by atoms with Gasteiger partial charge in [-0.05, 0) is 56.2 Å². The lowest BCUT2D eigenvalue weighted by atomic mass is 9.79. The van der Waals surface area contributed by atoms with E-state index in [1.165, 1.54) is 0 Å². The van der Waals surface area contributed by atoms with E-state index in [0.29, 0.717) is 41.1 Å². The molecular weight excluding hydrogens is 456 g/mol. The number of thiocarbonyl (C=S) groups is 1. The number of nitrogens with zero attached hydrogens (tertiary/aromatic N) is 1. The van der Waals surface area contributed by atoms with Crippen molar-refractivity contribution in [2.75, 3.05) is 34.5 Å². The van der Waals surface area contributed by atoms with Gasteiger partial charge in [0.2, 0.25) is 0 Å². The minimum atomic E-state index is -1.07. The number of methoxy groups -OCH3 is 3. The molecule has 2 aromatic rings. The van der Waals surface area contributed by atoms with E-state index in [1.54, 1.807) is 28.3 Å². The molecule has 2 bridgehead atoms. The van der Waals surface area contributed by atoms with Gasteiger partial charge in [0.1, 0.15) is 5.92 Å². The third-order valence-corrected chi connectivity index (χ3v) is 6.79. The van der Waals surface area contributed by atoms with Gasteiger partial charge < -0.3 is 33.9 Å². The summed E-state index contributed by atoms with van der Waals surface area (Å²) in [5.74, 6) is 1.55. The number of carbonyl (C=O) groups excluding carboxylic acids is 1. The zero-order valence-electron chi connectivity index (χ0n) is 20.0. The predicted molar refractivity (Wildman–Crippen MR) is 131 cm³/mol. The number of fused-ring (bicyclic) bond motifs is 4.